The molecule has 1 aliphatic heterocycles. The Hall–Kier alpha value is -2.89. The van der Waals surface area contributed by atoms with E-state index in [1.165, 1.54) is 38.5 Å². The van der Waals surface area contributed by atoms with Crippen molar-refractivity contribution in [1.29, 1.82) is 0 Å². The summed E-state index contributed by atoms with van der Waals surface area (Å²) in [7, 11) is 0. The maximum absolute atomic E-state index is 13.3. The van der Waals surface area contributed by atoms with E-state index in [9.17, 15) is 9.59 Å². The zero-order valence-corrected chi connectivity index (χ0v) is 19.8. The van der Waals surface area contributed by atoms with Gasteiger partial charge in [0.2, 0.25) is 17.7 Å². The van der Waals surface area contributed by atoms with E-state index in [-0.39, 0.29) is 36.1 Å². The molecule has 1 N–H and O–H groups in total. The summed E-state index contributed by atoms with van der Waals surface area (Å²) in [6, 6.07) is 11.5. The molecule has 4 saturated carbocycles. The van der Waals surface area contributed by atoms with E-state index in [0.717, 1.165) is 23.3 Å². The zero-order valence-electron chi connectivity index (χ0n) is 19.8. The Morgan fingerprint density at radius 3 is 2.50 bits per heavy atom. The minimum absolute atomic E-state index is 0.0190. The number of amides is 2. The monoisotopic (exact) mass is 459 g/mol. The van der Waals surface area contributed by atoms with Gasteiger partial charge >= 0.3 is 0 Å². The van der Waals surface area contributed by atoms with Crippen LogP contribution in [0.1, 0.15) is 63.9 Å². The molecule has 4 fully saturated rings. The van der Waals surface area contributed by atoms with Crippen LogP contribution in [-0.2, 0) is 16.1 Å². The lowest BCUT2D eigenvalue weighted by Crippen LogP contribution is -2.55. The van der Waals surface area contributed by atoms with Gasteiger partial charge < -0.3 is 15.0 Å². The second kappa shape index (κ2) is 8.40. The van der Waals surface area contributed by atoms with Crippen molar-refractivity contribution in [3.05, 3.63) is 48.2 Å². The Morgan fingerprint density at radius 1 is 1.06 bits per heavy atom. The van der Waals surface area contributed by atoms with Gasteiger partial charge in [-0.15, -0.1) is 0 Å². The Bertz CT molecular complexity index is 1080. The van der Waals surface area contributed by atoms with Crippen LogP contribution in [0.4, 0.5) is 5.69 Å². The Labute approximate surface area is 201 Å². The van der Waals surface area contributed by atoms with Gasteiger partial charge in [0.1, 0.15) is 11.4 Å². The number of hydrogen-bond donors (Lipinski definition) is 1. The summed E-state index contributed by atoms with van der Waals surface area (Å²) in [5.41, 5.74) is 1.84. The molecule has 2 amide bonds. The van der Waals surface area contributed by atoms with Crippen molar-refractivity contribution in [3.63, 3.8) is 0 Å². The van der Waals surface area contributed by atoms with Crippen molar-refractivity contribution in [2.75, 3.05) is 4.90 Å². The molecule has 4 aliphatic carbocycles. The Kier molecular flexibility index (Phi) is 5.34. The first-order valence-corrected chi connectivity index (χ1v) is 12.8. The highest BCUT2D eigenvalue weighted by Gasteiger charge is 2.53. The van der Waals surface area contributed by atoms with E-state index >= 15 is 0 Å². The predicted octanol–water partition coefficient (Wildman–Crippen LogP) is 5.22. The highest BCUT2D eigenvalue weighted by Crippen LogP contribution is 2.61. The van der Waals surface area contributed by atoms with Crippen LogP contribution >= 0.6 is 0 Å². The number of ether oxygens (including phenoxy) is 1. The van der Waals surface area contributed by atoms with Crippen LogP contribution in [-0.4, -0.2) is 22.8 Å². The highest BCUT2D eigenvalue weighted by atomic mass is 16.5. The van der Waals surface area contributed by atoms with E-state index in [1.807, 2.05) is 30.3 Å². The number of benzene rings is 1. The smallest absolute Gasteiger partial charge is 0.243 e. The summed E-state index contributed by atoms with van der Waals surface area (Å²) >= 11 is 0. The van der Waals surface area contributed by atoms with Gasteiger partial charge in [-0.25, -0.2) is 4.98 Å². The van der Waals surface area contributed by atoms with E-state index < -0.39 is 0 Å². The molecule has 178 valence electrons. The van der Waals surface area contributed by atoms with Crippen LogP contribution in [0.3, 0.4) is 0 Å². The summed E-state index contributed by atoms with van der Waals surface area (Å²) < 4.78 is 5.99. The topological polar surface area (TPSA) is 71.5 Å². The van der Waals surface area contributed by atoms with Gasteiger partial charge in [0.25, 0.3) is 0 Å². The second-order valence-electron chi connectivity index (χ2n) is 11.1. The molecule has 1 atom stereocenters. The Balaban J connectivity index is 1.11. The third kappa shape index (κ3) is 3.87. The van der Waals surface area contributed by atoms with Crippen molar-refractivity contribution in [1.82, 2.24) is 10.3 Å². The summed E-state index contributed by atoms with van der Waals surface area (Å²) in [4.78, 5) is 32.3. The number of carbonyl (C=O) groups is 2. The van der Waals surface area contributed by atoms with E-state index in [1.54, 1.807) is 17.2 Å². The standard InChI is InChI=1S/C28H33N3O3/c1-18(28-14-19-11-20(15-28)13-21(12-19)16-28)30-25(32)8-9-26(33)31-17-22-5-2-3-7-24(22)34-27-23(31)6-4-10-29-27/h2-7,10,18-21H,8-9,11-17H2,1H3,(H,30,32)/t18-,19?,20?,21?,28?/m0/s1. The summed E-state index contributed by atoms with van der Waals surface area (Å²) in [5.74, 6) is 3.58. The summed E-state index contributed by atoms with van der Waals surface area (Å²) in [6.07, 6.45) is 9.99. The van der Waals surface area contributed by atoms with Crippen LogP contribution in [0, 0.1) is 23.2 Å². The van der Waals surface area contributed by atoms with Crippen molar-refractivity contribution < 1.29 is 14.3 Å². The molecule has 0 unspecified atom stereocenters. The number of aromatic nitrogens is 1. The fraction of sp³-hybridized carbons (Fsp3) is 0.536. The lowest BCUT2D eigenvalue weighted by molar-refractivity contribution is -0.128. The van der Waals surface area contributed by atoms with Crippen molar-refractivity contribution in [2.45, 2.75) is 70.9 Å². The maximum Gasteiger partial charge on any atom is 0.243 e. The van der Waals surface area contributed by atoms with E-state index in [0.29, 0.717) is 23.9 Å². The third-order valence-corrected chi connectivity index (χ3v) is 8.80. The fourth-order valence-electron chi connectivity index (χ4n) is 7.51. The summed E-state index contributed by atoms with van der Waals surface area (Å²) in [5, 5.41) is 3.30. The molecule has 7 rings (SSSR count). The number of nitrogens with one attached hydrogen (secondary N) is 1. The van der Waals surface area contributed by atoms with Crippen LogP contribution < -0.4 is 15.0 Å². The molecule has 5 aliphatic rings. The number of hydrogen-bond acceptors (Lipinski definition) is 4. The number of pyridine rings is 1. The normalized spacial score (nSPS) is 29.4. The average Bonchev–Trinajstić information content (AvgIpc) is 2.98. The first-order valence-electron chi connectivity index (χ1n) is 12.8. The molecule has 0 saturated heterocycles. The molecular formula is C28H33N3O3. The number of para-hydroxylation sites is 1. The number of carbonyl (C=O) groups excluding carboxylic acids is 2. The van der Waals surface area contributed by atoms with Gasteiger partial charge in [0.15, 0.2) is 0 Å². The van der Waals surface area contributed by atoms with Gasteiger partial charge in [-0.1, -0.05) is 18.2 Å². The lowest BCUT2D eigenvalue weighted by atomic mass is 9.48. The van der Waals surface area contributed by atoms with Gasteiger partial charge in [-0.3, -0.25) is 9.59 Å². The highest BCUT2D eigenvalue weighted by molar-refractivity contribution is 5.96. The van der Waals surface area contributed by atoms with Gasteiger partial charge in [0.05, 0.1) is 6.54 Å². The van der Waals surface area contributed by atoms with Crippen molar-refractivity contribution in [3.8, 4) is 11.6 Å². The molecule has 1 aromatic carbocycles. The second-order valence-corrected chi connectivity index (χ2v) is 11.1. The van der Waals surface area contributed by atoms with Crippen molar-refractivity contribution >= 4 is 17.5 Å². The molecule has 34 heavy (non-hydrogen) atoms. The molecule has 6 nitrogen and oxygen atoms in total. The first-order chi connectivity index (χ1) is 16.5. The molecule has 2 aromatic rings. The number of rotatable bonds is 5. The number of fused-ring (bicyclic) bond motifs is 2. The molecule has 2 heterocycles. The summed E-state index contributed by atoms with van der Waals surface area (Å²) in [6.45, 7) is 2.59. The molecular weight excluding hydrogens is 426 g/mol. The average molecular weight is 460 g/mol. The first kappa shape index (κ1) is 21.6. The Morgan fingerprint density at radius 2 is 1.76 bits per heavy atom. The predicted molar refractivity (Wildman–Crippen MR) is 129 cm³/mol. The van der Waals surface area contributed by atoms with Gasteiger partial charge in [0, 0.05) is 30.6 Å². The van der Waals surface area contributed by atoms with Gasteiger partial charge in [-0.2, -0.15) is 0 Å². The lowest BCUT2D eigenvalue weighted by Gasteiger charge is -2.59. The van der Waals surface area contributed by atoms with Gasteiger partial charge in [-0.05, 0) is 86.8 Å². The van der Waals surface area contributed by atoms with E-state index in [4.69, 9.17) is 4.74 Å². The molecule has 4 bridgehead atoms. The van der Waals surface area contributed by atoms with Crippen LogP contribution in [0.5, 0.6) is 11.6 Å². The minimum Gasteiger partial charge on any atom is -0.437 e. The number of nitrogens with zero attached hydrogens (tertiary/aromatic N) is 2. The maximum atomic E-state index is 13.3. The van der Waals surface area contributed by atoms with Crippen LogP contribution in [0.25, 0.3) is 0 Å². The fourth-order valence-corrected chi connectivity index (χ4v) is 7.51. The zero-order chi connectivity index (χ0) is 23.3. The van der Waals surface area contributed by atoms with Crippen LogP contribution in [0.2, 0.25) is 0 Å². The quantitative estimate of drug-likeness (QED) is 0.665. The molecule has 1 aromatic heterocycles. The van der Waals surface area contributed by atoms with E-state index in [2.05, 4.69) is 17.2 Å². The molecule has 0 radical (unpaired) electrons. The number of anilines is 1. The van der Waals surface area contributed by atoms with Crippen LogP contribution in [0.15, 0.2) is 42.6 Å². The van der Waals surface area contributed by atoms with Crippen molar-refractivity contribution in [2.24, 2.45) is 23.2 Å². The molecule has 6 heteroatoms. The molecule has 0 spiro atoms. The SMILES string of the molecule is C[C@H](NC(=O)CCC(=O)N1Cc2ccccc2Oc2ncccc21)C12CC3CC(CC(C3)C1)C2. The largest absolute Gasteiger partial charge is 0.437 e. The third-order valence-electron chi connectivity index (χ3n) is 8.80. The minimum atomic E-state index is -0.0906.